The lowest BCUT2D eigenvalue weighted by atomic mass is 10.1. The van der Waals surface area contributed by atoms with Crippen LogP contribution in [0, 0.1) is 0 Å². The molecule has 1 unspecified atom stereocenters. The summed E-state index contributed by atoms with van der Waals surface area (Å²) in [5.74, 6) is -0.138. The molecule has 7 nitrogen and oxygen atoms in total. The molecule has 1 aromatic carbocycles. The minimum Gasteiger partial charge on any atom is -0.350 e. The minimum atomic E-state index is -0.198. The van der Waals surface area contributed by atoms with Gasteiger partial charge in [0, 0.05) is 25.0 Å². The second-order valence-corrected chi connectivity index (χ2v) is 6.28. The standard InChI is InChI=1S/C17H18ClN5O2/c1-11(12-3-5-13(18)6-4-12)21-15(24)7-8-23-10-19-16-14(17(23)25)9-20-22(16)2/h3-6,9-11H,7-8H2,1-2H3,(H,21,24). The first-order valence-corrected chi connectivity index (χ1v) is 8.25. The second kappa shape index (κ2) is 7.06. The molecule has 0 aliphatic rings. The number of hydrogen-bond acceptors (Lipinski definition) is 4. The number of carbonyl (C=O) groups is 1. The Bertz CT molecular complexity index is 961. The molecule has 2 aromatic heterocycles. The van der Waals surface area contributed by atoms with Gasteiger partial charge in [-0.3, -0.25) is 18.8 Å². The maximum absolute atomic E-state index is 12.4. The molecular weight excluding hydrogens is 342 g/mol. The quantitative estimate of drug-likeness (QED) is 0.756. The first kappa shape index (κ1) is 17.2. The van der Waals surface area contributed by atoms with Gasteiger partial charge in [-0.1, -0.05) is 23.7 Å². The van der Waals surface area contributed by atoms with E-state index in [9.17, 15) is 9.59 Å². The van der Waals surface area contributed by atoms with E-state index in [0.717, 1.165) is 5.56 Å². The number of rotatable bonds is 5. The van der Waals surface area contributed by atoms with Gasteiger partial charge in [0.2, 0.25) is 5.91 Å². The predicted molar refractivity (Wildman–Crippen MR) is 95.4 cm³/mol. The average Bonchev–Trinajstić information content (AvgIpc) is 2.97. The highest BCUT2D eigenvalue weighted by atomic mass is 35.5. The number of nitrogens with one attached hydrogen (secondary N) is 1. The van der Waals surface area contributed by atoms with Crippen LogP contribution in [0.2, 0.25) is 5.02 Å². The minimum absolute atomic E-state index is 0.138. The molecule has 130 valence electrons. The van der Waals surface area contributed by atoms with E-state index in [1.807, 2.05) is 19.1 Å². The maximum Gasteiger partial charge on any atom is 0.264 e. The highest BCUT2D eigenvalue weighted by Crippen LogP contribution is 2.16. The van der Waals surface area contributed by atoms with E-state index in [1.54, 1.807) is 23.9 Å². The van der Waals surface area contributed by atoms with Crippen molar-refractivity contribution in [2.75, 3.05) is 0 Å². The number of hydrogen-bond donors (Lipinski definition) is 1. The molecule has 1 amide bonds. The number of carbonyl (C=O) groups excluding carboxylic acids is 1. The summed E-state index contributed by atoms with van der Waals surface area (Å²) < 4.78 is 2.97. The third-order valence-electron chi connectivity index (χ3n) is 4.05. The van der Waals surface area contributed by atoms with Gasteiger partial charge in [-0.2, -0.15) is 5.10 Å². The Hall–Kier alpha value is -2.67. The van der Waals surface area contributed by atoms with E-state index >= 15 is 0 Å². The third-order valence-corrected chi connectivity index (χ3v) is 4.30. The van der Waals surface area contributed by atoms with Crippen LogP contribution in [0.15, 0.2) is 41.6 Å². The van der Waals surface area contributed by atoms with Gasteiger partial charge in [0.25, 0.3) is 5.56 Å². The lowest BCUT2D eigenvalue weighted by molar-refractivity contribution is -0.121. The van der Waals surface area contributed by atoms with Crippen molar-refractivity contribution < 1.29 is 4.79 Å². The number of amides is 1. The van der Waals surface area contributed by atoms with Crippen LogP contribution in [-0.4, -0.2) is 25.2 Å². The van der Waals surface area contributed by atoms with Crippen LogP contribution in [0.25, 0.3) is 11.0 Å². The van der Waals surface area contributed by atoms with Crippen molar-refractivity contribution >= 4 is 28.5 Å². The largest absolute Gasteiger partial charge is 0.350 e. The molecule has 3 aromatic rings. The summed E-state index contributed by atoms with van der Waals surface area (Å²) in [6, 6.07) is 7.18. The summed E-state index contributed by atoms with van der Waals surface area (Å²) in [7, 11) is 1.73. The zero-order valence-corrected chi connectivity index (χ0v) is 14.7. The van der Waals surface area contributed by atoms with Gasteiger partial charge >= 0.3 is 0 Å². The van der Waals surface area contributed by atoms with Crippen molar-refractivity contribution in [1.82, 2.24) is 24.6 Å². The van der Waals surface area contributed by atoms with Gasteiger partial charge in [-0.25, -0.2) is 4.98 Å². The molecule has 3 rings (SSSR count). The van der Waals surface area contributed by atoms with Gasteiger partial charge < -0.3 is 5.32 Å². The van der Waals surface area contributed by atoms with E-state index in [-0.39, 0.29) is 30.5 Å². The Balaban J connectivity index is 1.63. The molecule has 2 heterocycles. The Labute approximate surface area is 149 Å². The van der Waals surface area contributed by atoms with Crippen LogP contribution < -0.4 is 10.9 Å². The van der Waals surface area contributed by atoms with E-state index in [0.29, 0.717) is 16.1 Å². The van der Waals surface area contributed by atoms with Crippen LogP contribution in [0.5, 0.6) is 0 Å². The van der Waals surface area contributed by atoms with Crippen LogP contribution >= 0.6 is 11.6 Å². The molecule has 0 fully saturated rings. The summed E-state index contributed by atoms with van der Waals surface area (Å²) >= 11 is 5.87. The molecule has 0 saturated heterocycles. The predicted octanol–water partition coefficient (Wildman–Crippen LogP) is 2.05. The van der Waals surface area contributed by atoms with Crippen molar-refractivity contribution in [3.8, 4) is 0 Å². The van der Waals surface area contributed by atoms with Crippen molar-refractivity contribution in [2.24, 2.45) is 7.05 Å². The molecule has 1 atom stereocenters. The number of benzene rings is 1. The van der Waals surface area contributed by atoms with Crippen LogP contribution in [0.4, 0.5) is 0 Å². The number of halogens is 1. The molecule has 0 radical (unpaired) electrons. The fourth-order valence-corrected chi connectivity index (χ4v) is 2.72. The number of aryl methyl sites for hydroxylation is 2. The molecule has 0 bridgehead atoms. The molecule has 0 aliphatic carbocycles. The van der Waals surface area contributed by atoms with E-state index in [1.165, 1.54) is 17.1 Å². The topological polar surface area (TPSA) is 81.8 Å². The summed E-state index contributed by atoms with van der Waals surface area (Å²) in [5, 5.41) is 8.03. The van der Waals surface area contributed by atoms with Gasteiger partial charge in [0.1, 0.15) is 5.39 Å². The Kier molecular flexibility index (Phi) is 4.85. The van der Waals surface area contributed by atoms with Gasteiger partial charge in [0.15, 0.2) is 5.65 Å². The SMILES string of the molecule is CC(NC(=O)CCn1cnc2c(cnn2C)c1=O)c1ccc(Cl)cc1. The first-order chi connectivity index (χ1) is 12.0. The van der Waals surface area contributed by atoms with Crippen molar-refractivity contribution in [3.63, 3.8) is 0 Å². The lowest BCUT2D eigenvalue weighted by Crippen LogP contribution is -2.29. The lowest BCUT2D eigenvalue weighted by Gasteiger charge is -2.14. The van der Waals surface area contributed by atoms with Crippen LogP contribution in [-0.2, 0) is 18.4 Å². The molecule has 0 spiro atoms. The van der Waals surface area contributed by atoms with Crippen molar-refractivity contribution in [3.05, 3.63) is 57.7 Å². The van der Waals surface area contributed by atoms with Crippen molar-refractivity contribution in [1.29, 1.82) is 0 Å². The third kappa shape index (κ3) is 3.71. The number of fused-ring (bicyclic) bond motifs is 1. The fraction of sp³-hybridized carbons (Fsp3) is 0.294. The van der Waals surface area contributed by atoms with E-state index in [4.69, 9.17) is 11.6 Å². The molecule has 8 heteroatoms. The molecular formula is C17H18ClN5O2. The van der Waals surface area contributed by atoms with Crippen LogP contribution in [0.3, 0.4) is 0 Å². The Morgan fingerprint density at radius 3 is 2.76 bits per heavy atom. The monoisotopic (exact) mass is 359 g/mol. The maximum atomic E-state index is 12.4. The zero-order chi connectivity index (χ0) is 18.0. The van der Waals surface area contributed by atoms with Gasteiger partial charge in [0.05, 0.1) is 18.6 Å². The highest BCUT2D eigenvalue weighted by Gasteiger charge is 2.12. The highest BCUT2D eigenvalue weighted by molar-refractivity contribution is 6.30. The summed E-state index contributed by atoms with van der Waals surface area (Å²) in [4.78, 5) is 28.7. The first-order valence-electron chi connectivity index (χ1n) is 7.87. The number of nitrogens with zero attached hydrogens (tertiary/aromatic N) is 4. The van der Waals surface area contributed by atoms with Crippen molar-refractivity contribution in [2.45, 2.75) is 25.9 Å². The van der Waals surface area contributed by atoms with E-state index < -0.39 is 0 Å². The summed E-state index contributed by atoms with van der Waals surface area (Å²) in [5.41, 5.74) is 1.30. The second-order valence-electron chi connectivity index (χ2n) is 5.84. The zero-order valence-electron chi connectivity index (χ0n) is 13.9. The average molecular weight is 360 g/mol. The molecule has 1 N–H and O–H groups in total. The van der Waals surface area contributed by atoms with Gasteiger partial charge in [-0.15, -0.1) is 0 Å². The van der Waals surface area contributed by atoms with Gasteiger partial charge in [-0.05, 0) is 24.6 Å². The number of aromatic nitrogens is 4. The fourth-order valence-electron chi connectivity index (χ4n) is 2.60. The van der Waals surface area contributed by atoms with Crippen LogP contribution in [0.1, 0.15) is 24.9 Å². The Morgan fingerprint density at radius 2 is 2.04 bits per heavy atom. The molecule has 25 heavy (non-hydrogen) atoms. The summed E-state index contributed by atoms with van der Waals surface area (Å²) in [6.45, 7) is 2.16. The molecule has 0 saturated carbocycles. The normalized spacial score (nSPS) is 12.3. The van der Waals surface area contributed by atoms with E-state index in [2.05, 4.69) is 15.4 Å². The summed E-state index contributed by atoms with van der Waals surface area (Å²) in [6.07, 6.45) is 3.12. The smallest absolute Gasteiger partial charge is 0.264 e. The Morgan fingerprint density at radius 1 is 1.32 bits per heavy atom. The molecule has 0 aliphatic heterocycles.